The van der Waals surface area contributed by atoms with E-state index in [4.69, 9.17) is 9.47 Å². The summed E-state index contributed by atoms with van der Waals surface area (Å²) >= 11 is 2.33. The first kappa shape index (κ1) is 11.6. The van der Waals surface area contributed by atoms with Crippen LogP contribution in [0.5, 0.6) is 0 Å². The van der Waals surface area contributed by atoms with Gasteiger partial charge in [-0.3, -0.25) is 4.98 Å². The molecule has 0 aromatic carbocycles. The fourth-order valence-electron chi connectivity index (χ4n) is 2.64. The van der Waals surface area contributed by atoms with Crippen molar-refractivity contribution in [2.45, 2.75) is 23.1 Å². The van der Waals surface area contributed by atoms with E-state index in [0.717, 1.165) is 28.5 Å². The number of alkyl halides is 1. The largest absolute Gasteiger partial charge is 0.343 e. The molecule has 0 unspecified atom stereocenters. The minimum absolute atomic E-state index is 0.550. The fourth-order valence-corrected chi connectivity index (χ4v) is 3.22. The number of pyridine rings is 1. The zero-order chi connectivity index (χ0) is 11.9. The van der Waals surface area contributed by atoms with Crippen LogP contribution >= 0.6 is 22.6 Å². The molecule has 0 amide bonds. The maximum atomic E-state index is 5.89. The molecule has 0 bridgehead atoms. The third kappa shape index (κ3) is 1.73. The monoisotopic (exact) mass is 343 g/mol. The maximum absolute atomic E-state index is 5.89. The molecule has 1 fully saturated rings. The van der Waals surface area contributed by atoms with Crippen LogP contribution in [0.1, 0.15) is 29.7 Å². The Balaban J connectivity index is 2.21. The van der Waals surface area contributed by atoms with Crippen molar-refractivity contribution in [2.24, 2.45) is 0 Å². The molecule has 1 saturated heterocycles. The molecule has 0 N–H and O–H groups in total. The smallest absolute Gasteiger partial charge is 0.197 e. The van der Waals surface area contributed by atoms with Gasteiger partial charge in [-0.25, -0.2) is 0 Å². The van der Waals surface area contributed by atoms with Crippen molar-refractivity contribution in [3.05, 3.63) is 35.7 Å². The number of fused-ring (bicyclic) bond motifs is 2. The summed E-state index contributed by atoms with van der Waals surface area (Å²) in [5, 5.41) is 0. The van der Waals surface area contributed by atoms with Crippen LogP contribution in [0.4, 0.5) is 0 Å². The molecule has 0 atom stereocenters. The SMILES string of the molecule is C=C1CCC2(OCCO2)c2c1ccnc2CI. The molecule has 4 heteroatoms. The van der Waals surface area contributed by atoms with Gasteiger partial charge in [0.2, 0.25) is 0 Å². The fraction of sp³-hybridized carbons (Fsp3) is 0.462. The van der Waals surface area contributed by atoms with Gasteiger partial charge in [0.25, 0.3) is 0 Å². The molecule has 17 heavy (non-hydrogen) atoms. The number of rotatable bonds is 1. The summed E-state index contributed by atoms with van der Waals surface area (Å²) in [6.45, 7) is 5.48. The van der Waals surface area contributed by atoms with E-state index in [0.29, 0.717) is 13.2 Å². The molecule has 0 radical (unpaired) electrons. The van der Waals surface area contributed by atoms with E-state index in [1.807, 2.05) is 12.3 Å². The van der Waals surface area contributed by atoms with Crippen LogP contribution in [0.2, 0.25) is 0 Å². The first-order valence-corrected chi connectivity index (χ1v) is 7.30. The number of hydrogen-bond donors (Lipinski definition) is 0. The second-order valence-electron chi connectivity index (χ2n) is 4.37. The number of ether oxygens (including phenoxy) is 2. The van der Waals surface area contributed by atoms with E-state index in [1.54, 1.807) is 0 Å². The minimum Gasteiger partial charge on any atom is -0.343 e. The first-order valence-electron chi connectivity index (χ1n) is 5.77. The highest BCUT2D eigenvalue weighted by Gasteiger charge is 2.44. The average molecular weight is 343 g/mol. The maximum Gasteiger partial charge on any atom is 0.197 e. The Morgan fingerprint density at radius 2 is 2.18 bits per heavy atom. The lowest BCUT2D eigenvalue weighted by atomic mass is 9.83. The molecule has 1 aliphatic heterocycles. The normalized spacial score (nSPS) is 21.8. The molecule has 3 rings (SSSR count). The highest BCUT2D eigenvalue weighted by Crippen LogP contribution is 2.46. The number of allylic oxidation sites excluding steroid dienone is 1. The van der Waals surface area contributed by atoms with Crippen LogP contribution < -0.4 is 0 Å². The second-order valence-corrected chi connectivity index (χ2v) is 5.13. The number of hydrogen-bond acceptors (Lipinski definition) is 3. The van der Waals surface area contributed by atoms with Crippen LogP contribution in [0.3, 0.4) is 0 Å². The topological polar surface area (TPSA) is 31.4 Å². The molecule has 1 aliphatic carbocycles. The molecule has 3 nitrogen and oxygen atoms in total. The Morgan fingerprint density at radius 1 is 1.41 bits per heavy atom. The summed E-state index contributed by atoms with van der Waals surface area (Å²) in [6.07, 6.45) is 3.64. The van der Waals surface area contributed by atoms with Crippen LogP contribution in [-0.2, 0) is 19.7 Å². The van der Waals surface area contributed by atoms with Gasteiger partial charge < -0.3 is 9.47 Å². The molecule has 2 aliphatic rings. The van der Waals surface area contributed by atoms with E-state index < -0.39 is 5.79 Å². The third-order valence-electron chi connectivity index (χ3n) is 3.43. The molecule has 1 aromatic heterocycles. The standard InChI is InChI=1S/C13H14INO2/c1-9-2-4-13(16-6-7-17-13)12-10(9)3-5-15-11(12)8-14/h3,5H,1-2,4,6-8H2. The lowest BCUT2D eigenvalue weighted by Gasteiger charge is -2.35. The lowest BCUT2D eigenvalue weighted by molar-refractivity contribution is -0.172. The summed E-state index contributed by atoms with van der Waals surface area (Å²) in [5.41, 5.74) is 4.51. The zero-order valence-electron chi connectivity index (χ0n) is 9.54. The minimum atomic E-state index is -0.550. The summed E-state index contributed by atoms with van der Waals surface area (Å²) in [6, 6.07) is 2.03. The van der Waals surface area contributed by atoms with Crippen molar-refractivity contribution in [1.29, 1.82) is 0 Å². The van der Waals surface area contributed by atoms with Crippen molar-refractivity contribution in [3.63, 3.8) is 0 Å². The molecule has 90 valence electrons. The summed E-state index contributed by atoms with van der Waals surface area (Å²) < 4.78 is 12.6. The van der Waals surface area contributed by atoms with Crippen LogP contribution in [0.15, 0.2) is 18.8 Å². The Morgan fingerprint density at radius 3 is 2.88 bits per heavy atom. The van der Waals surface area contributed by atoms with E-state index in [2.05, 4.69) is 34.2 Å². The van der Waals surface area contributed by atoms with Crippen molar-refractivity contribution in [2.75, 3.05) is 13.2 Å². The zero-order valence-corrected chi connectivity index (χ0v) is 11.7. The van der Waals surface area contributed by atoms with E-state index >= 15 is 0 Å². The van der Waals surface area contributed by atoms with E-state index in [-0.39, 0.29) is 0 Å². The average Bonchev–Trinajstić information content (AvgIpc) is 2.83. The summed E-state index contributed by atoms with van der Waals surface area (Å²) in [7, 11) is 0. The van der Waals surface area contributed by atoms with Crippen molar-refractivity contribution < 1.29 is 9.47 Å². The van der Waals surface area contributed by atoms with Gasteiger partial charge in [-0.1, -0.05) is 29.2 Å². The second kappa shape index (κ2) is 4.33. The predicted octanol–water partition coefficient (Wildman–Crippen LogP) is 3.02. The number of nitrogens with zero attached hydrogens (tertiary/aromatic N) is 1. The molecule has 1 aromatic rings. The Kier molecular flexibility index (Phi) is 2.96. The predicted molar refractivity (Wildman–Crippen MR) is 73.8 cm³/mol. The number of aromatic nitrogens is 1. The van der Waals surface area contributed by atoms with Crippen LogP contribution in [-0.4, -0.2) is 18.2 Å². The van der Waals surface area contributed by atoms with Gasteiger partial charge in [0.1, 0.15) is 0 Å². The highest BCUT2D eigenvalue weighted by atomic mass is 127. The van der Waals surface area contributed by atoms with Gasteiger partial charge in [-0.05, 0) is 23.6 Å². The Labute approximate surface area is 114 Å². The Bertz CT molecular complexity index is 466. The molecular formula is C13H14INO2. The van der Waals surface area contributed by atoms with Gasteiger partial charge in [0.05, 0.1) is 18.9 Å². The van der Waals surface area contributed by atoms with E-state index in [9.17, 15) is 0 Å². The molecular weight excluding hydrogens is 329 g/mol. The van der Waals surface area contributed by atoms with Crippen molar-refractivity contribution >= 4 is 28.2 Å². The van der Waals surface area contributed by atoms with Crippen molar-refractivity contribution in [3.8, 4) is 0 Å². The van der Waals surface area contributed by atoms with Crippen LogP contribution in [0.25, 0.3) is 5.57 Å². The highest BCUT2D eigenvalue weighted by molar-refractivity contribution is 14.1. The molecule has 1 spiro atoms. The van der Waals surface area contributed by atoms with Gasteiger partial charge in [-0.2, -0.15) is 0 Å². The van der Waals surface area contributed by atoms with Gasteiger partial charge in [0.15, 0.2) is 5.79 Å². The number of halogens is 1. The van der Waals surface area contributed by atoms with Crippen molar-refractivity contribution in [1.82, 2.24) is 4.98 Å². The van der Waals surface area contributed by atoms with Gasteiger partial charge >= 0.3 is 0 Å². The van der Waals surface area contributed by atoms with Gasteiger partial charge in [0, 0.05) is 22.6 Å². The molecule has 2 heterocycles. The molecule has 0 saturated carbocycles. The summed E-state index contributed by atoms with van der Waals surface area (Å²) in [5.74, 6) is -0.550. The van der Waals surface area contributed by atoms with Gasteiger partial charge in [-0.15, -0.1) is 0 Å². The van der Waals surface area contributed by atoms with Crippen LogP contribution in [0, 0.1) is 0 Å². The Hall–Kier alpha value is -0.460. The first-order chi connectivity index (χ1) is 8.27. The quantitative estimate of drug-likeness (QED) is 0.580. The lowest BCUT2D eigenvalue weighted by Crippen LogP contribution is -2.33. The third-order valence-corrected chi connectivity index (χ3v) is 4.15. The van der Waals surface area contributed by atoms with E-state index in [1.165, 1.54) is 11.1 Å². The summed E-state index contributed by atoms with van der Waals surface area (Å²) in [4.78, 5) is 4.46.